The molecule has 2 N–H and O–H groups in total. The number of aromatic nitrogens is 2. The first kappa shape index (κ1) is 14.7. The third kappa shape index (κ3) is 3.24. The van der Waals surface area contributed by atoms with Crippen LogP contribution >= 0.6 is 11.6 Å². The van der Waals surface area contributed by atoms with Gasteiger partial charge < -0.3 is 9.73 Å². The van der Waals surface area contributed by atoms with E-state index in [1.807, 2.05) is 0 Å². The zero-order valence-corrected chi connectivity index (χ0v) is 11.8. The first-order chi connectivity index (χ1) is 9.65. The number of halogens is 2. The second-order valence-corrected chi connectivity index (χ2v) is 4.29. The molecule has 20 heavy (non-hydrogen) atoms. The summed E-state index contributed by atoms with van der Waals surface area (Å²) in [6, 6.07) is 2.63. The van der Waals surface area contributed by atoms with Gasteiger partial charge in [0.2, 0.25) is 11.8 Å². The van der Waals surface area contributed by atoms with Gasteiger partial charge in [-0.25, -0.2) is 4.39 Å². The second-order valence-electron chi connectivity index (χ2n) is 3.88. The first-order valence-corrected chi connectivity index (χ1v) is 6.37. The summed E-state index contributed by atoms with van der Waals surface area (Å²) in [4.78, 5) is 5.07. The van der Waals surface area contributed by atoms with Crippen LogP contribution in [0.5, 0.6) is 0 Å². The Balaban J connectivity index is 2.38. The van der Waals surface area contributed by atoms with Crippen LogP contribution in [0.15, 0.2) is 16.5 Å². The van der Waals surface area contributed by atoms with Crippen LogP contribution in [0.3, 0.4) is 0 Å². The summed E-state index contributed by atoms with van der Waals surface area (Å²) in [5.74, 6) is 0.0947. The molecule has 1 aromatic carbocycles. The van der Waals surface area contributed by atoms with Crippen molar-refractivity contribution in [1.29, 1.82) is 0 Å². The summed E-state index contributed by atoms with van der Waals surface area (Å²) in [5.41, 5.74) is 3.47. The van der Waals surface area contributed by atoms with E-state index in [4.69, 9.17) is 20.9 Å². The smallest absolute Gasteiger partial charge is 0.250 e. The molecule has 0 atom stereocenters. The van der Waals surface area contributed by atoms with E-state index >= 15 is 0 Å². The van der Waals surface area contributed by atoms with Crippen LogP contribution in [-0.2, 0) is 11.4 Å². The van der Waals surface area contributed by atoms with Gasteiger partial charge in [0, 0.05) is 6.07 Å². The number of nitrogens with zero attached hydrogens (tertiary/aromatic N) is 2. The van der Waals surface area contributed by atoms with Crippen LogP contribution in [0.25, 0.3) is 11.5 Å². The van der Waals surface area contributed by atoms with Crippen molar-refractivity contribution in [2.24, 2.45) is 0 Å². The first-order valence-electron chi connectivity index (χ1n) is 6.00. The highest BCUT2D eigenvalue weighted by Gasteiger charge is 2.16. The Hall–Kier alpha value is -1.70. The van der Waals surface area contributed by atoms with Gasteiger partial charge in [-0.1, -0.05) is 11.6 Å². The minimum atomic E-state index is -0.562. The number of rotatable bonds is 6. The quantitative estimate of drug-likeness (QED) is 0.799. The van der Waals surface area contributed by atoms with Crippen LogP contribution in [-0.4, -0.2) is 23.9 Å². The lowest BCUT2D eigenvalue weighted by molar-refractivity contribution is 0.210. The minimum Gasteiger partial charge on any atom is -0.419 e. The molecular formula is C12H14ClFN4O2. The van der Waals surface area contributed by atoms with Gasteiger partial charge in [0.1, 0.15) is 5.82 Å². The van der Waals surface area contributed by atoms with E-state index in [2.05, 4.69) is 21.0 Å². The zero-order valence-electron chi connectivity index (χ0n) is 11.0. The van der Waals surface area contributed by atoms with Crippen molar-refractivity contribution < 1.29 is 13.6 Å². The van der Waals surface area contributed by atoms with Crippen LogP contribution in [0.4, 0.5) is 10.1 Å². The molecule has 0 amide bonds. The normalized spacial score (nSPS) is 10.8. The summed E-state index contributed by atoms with van der Waals surface area (Å²) >= 11 is 5.79. The number of nitrogens with one attached hydrogen (secondary N) is 2. The van der Waals surface area contributed by atoms with E-state index in [-0.39, 0.29) is 10.9 Å². The Morgan fingerprint density at radius 3 is 2.90 bits per heavy atom. The van der Waals surface area contributed by atoms with E-state index < -0.39 is 5.82 Å². The molecule has 6 nitrogen and oxygen atoms in total. The monoisotopic (exact) mass is 300 g/mol. The van der Waals surface area contributed by atoms with Crippen molar-refractivity contribution in [2.75, 3.05) is 19.1 Å². The van der Waals surface area contributed by atoms with Crippen LogP contribution in [0.2, 0.25) is 5.02 Å². The largest absolute Gasteiger partial charge is 0.419 e. The lowest BCUT2D eigenvalue weighted by atomic mass is 10.2. The zero-order chi connectivity index (χ0) is 14.5. The summed E-state index contributed by atoms with van der Waals surface area (Å²) in [6.07, 6.45) is 0. The number of hydrogen-bond acceptors (Lipinski definition) is 6. The van der Waals surface area contributed by atoms with Crippen molar-refractivity contribution >= 4 is 17.3 Å². The second kappa shape index (κ2) is 6.65. The molecule has 0 aliphatic heterocycles. The molecule has 0 unspecified atom stereocenters. The highest BCUT2D eigenvalue weighted by atomic mass is 35.5. The fourth-order valence-corrected chi connectivity index (χ4v) is 1.71. The van der Waals surface area contributed by atoms with Crippen molar-refractivity contribution in [1.82, 2.24) is 15.5 Å². The molecule has 8 heteroatoms. The summed E-state index contributed by atoms with van der Waals surface area (Å²) in [6.45, 7) is 2.66. The predicted octanol–water partition coefficient (Wildman–Crippen LogP) is 2.61. The average Bonchev–Trinajstić information content (AvgIpc) is 2.88. The van der Waals surface area contributed by atoms with E-state index in [1.165, 1.54) is 12.1 Å². The Morgan fingerprint density at radius 2 is 2.20 bits per heavy atom. The molecule has 2 rings (SSSR count). The molecule has 1 aromatic heterocycles. The number of anilines is 1. The van der Waals surface area contributed by atoms with Gasteiger partial charge in [0.05, 0.1) is 29.4 Å². The highest BCUT2D eigenvalue weighted by molar-refractivity contribution is 6.31. The fraction of sp³-hybridized carbons (Fsp3) is 0.333. The van der Waals surface area contributed by atoms with Crippen molar-refractivity contribution in [3.8, 4) is 11.5 Å². The Labute approximate surface area is 120 Å². The van der Waals surface area contributed by atoms with Gasteiger partial charge in [-0.2, -0.15) is 0 Å². The Kier molecular flexibility index (Phi) is 4.89. The van der Waals surface area contributed by atoms with Gasteiger partial charge >= 0.3 is 0 Å². The molecule has 0 bridgehead atoms. The standard InChI is InChI=1S/C12H14ClFN4O2/c1-3-19-18-10-5-9(14)8(13)4-7(10)12-17-16-11(20-12)6-15-2/h4-5,15,18H,3,6H2,1-2H3. The third-order valence-electron chi connectivity index (χ3n) is 2.41. The van der Waals surface area contributed by atoms with Gasteiger partial charge in [0.25, 0.3) is 0 Å². The van der Waals surface area contributed by atoms with Gasteiger partial charge in [-0.15, -0.1) is 10.2 Å². The van der Waals surface area contributed by atoms with Crippen molar-refractivity contribution in [2.45, 2.75) is 13.5 Å². The van der Waals surface area contributed by atoms with Crippen molar-refractivity contribution in [3.05, 3.63) is 28.9 Å². The van der Waals surface area contributed by atoms with Crippen LogP contribution in [0.1, 0.15) is 12.8 Å². The van der Waals surface area contributed by atoms with E-state index in [9.17, 15) is 4.39 Å². The molecule has 0 saturated carbocycles. The lowest BCUT2D eigenvalue weighted by Crippen LogP contribution is -2.04. The highest BCUT2D eigenvalue weighted by Crippen LogP contribution is 2.32. The Morgan fingerprint density at radius 1 is 1.40 bits per heavy atom. The Bertz CT molecular complexity index is 591. The van der Waals surface area contributed by atoms with E-state index in [0.29, 0.717) is 30.3 Å². The molecule has 0 aliphatic rings. The maximum Gasteiger partial charge on any atom is 0.250 e. The average molecular weight is 301 g/mol. The van der Waals surface area contributed by atoms with E-state index in [1.54, 1.807) is 14.0 Å². The number of hydrogen-bond donors (Lipinski definition) is 2. The van der Waals surface area contributed by atoms with E-state index in [0.717, 1.165) is 0 Å². The summed E-state index contributed by atoms with van der Waals surface area (Å²) in [5, 5.41) is 10.6. The topological polar surface area (TPSA) is 72.2 Å². The fourth-order valence-electron chi connectivity index (χ4n) is 1.54. The predicted molar refractivity (Wildman–Crippen MR) is 72.7 cm³/mol. The molecule has 0 radical (unpaired) electrons. The maximum atomic E-state index is 13.5. The van der Waals surface area contributed by atoms with Gasteiger partial charge in [0.15, 0.2) is 0 Å². The molecule has 0 saturated heterocycles. The summed E-state index contributed by atoms with van der Waals surface area (Å²) < 4.78 is 19.0. The van der Waals surface area contributed by atoms with Gasteiger partial charge in [-0.05, 0) is 20.0 Å². The maximum absolute atomic E-state index is 13.5. The molecular weight excluding hydrogens is 287 g/mol. The molecule has 0 spiro atoms. The third-order valence-corrected chi connectivity index (χ3v) is 2.70. The molecule has 2 aromatic rings. The molecule has 0 fully saturated rings. The molecule has 1 heterocycles. The molecule has 108 valence electrons. The van der Waals surface area contributed by atoms with Gasteiger partial charge in [-0.3, -0.25) is 10.3 Å². The SMILES string of the molecule is CCONc1cc(F)c(Cl)cc1-c1nnc(CNC)o1. The van der Waals surface area contributed by atoms with Crippen molar-refractivity contribution in [3.63, 3.8) is 0 Å². The summed E-state index contributed by atoms with van der Waals surface area (Å²) in [7, 11) is 1.76. The van der Waals surface area contributed by atoms with Crippen LogP contribution < -0.4 is 10.8 Å². The van der Waals surface area contributed by atoms with Crippen LogP contribution in [0, 0.1) is 5.82 Å². The molecule has 0 aliphatic carbocycles. The lowest BCUT2D eigenvalue weighted by Gasteiger charge is -2.09. The number of benzene rings is 1. The minimum absolute atomic E-state index is 0.0320.